The fraction of sp³-hybridized carbons (Fsp3) is 0.667. The van der Waals surface area contributed by atoms with Crippen LogP contribution in [-0.2, 0) is 11.2 Å². The second-order valence-corrected chi connectivity index (χ2v) is 5.66. The maximum atomic E-state index is 11.3. The van der Waals surface area contributed by atoms with Crippen LogP contribution in [0.25, 0.3) is 0 Å². The highest BCUT2D eigenvalue weighted by Crippen LogP contribution is 2.16. The van der Waals surface area contributed by atoms with Crippen molar-refractivity contribution in [1.29, 1.82) is 0 Å². The molecule has 1 saturated heterocycles. The van der Waals surface area contributed by atoms with Gasteiger partial charge < -0.3 is 14.5 Å². The van der Waals surface area contributed by atoms with Crippen LogP contribution in [0, 0.1) is 0 Å². The highest BCUT2D eigenvalue weighted by atomic mass is 32.1. The Bertz CT molecular complexity index is 421. The van der Waals surface area contributed by atoms with Crippen LogP contribution >= 0.6 is 11.3 Å². The van der Waals surface area contributed by atoms with Gasteiger partial charge >= 0.3 is 5.97 Å². The van der Waals surface area contributed by atoms with Crippen molar-refractivity contribution in [2.24, 2.45) is 0 Å². The zero-order chi connectivity index (χ0) is 13.1. The van der Waals surface area contributed by atoms with Gasteiger partial charge in [-0.25, -0.2) is 9.78 Å². The average Bonchev–Trinajstić information content (AvgIpc) is 2.81. The second-order valence-electron chi connectivity index (χ2n) is 4.72. The largest absolute Gasteiger partial charge is 0.464 e. The molecule has 0 spiro atoms. The molecule has 0 N–H and O–H groups in total. The van der Waals surface area contributed by atoms with Crippen LogP contribution < -0.4 is 0 Å². The van der Waals surface area contributed by atoms with E-state index in [0.29, 0.717) is 11.7 Å². The van der Waals surface area contributed by atoms with Crippen molar-refractivity contribution in [3.8, 4) is 0 Å². The molecular weight excluding hydrogens is 250 g/mol. The molecule has 1 atom stereocenters. The predicted octanol–water partition coefficient (Wildman–Crippen LogP) is 0.718. The van der Waals surface area contributed by atoms with Crippen LogP contribution in [0.3, 0.4) is 0 Å². The summed E-state index contributed by atoms with van der Waals surface area (Å²) in [5.74, 6) is -0.355. The zero-order valence-corrected chi connectivity index (χ0v) is 11.9. The number of carbonyl (C=O) groups is 1. The van der Waals surface area contributed by atoms with Crippen molar-refractivity contribution in [2.45, 2.75) is 12.5 Å². The summed E-state index contributed by atoms with van der Waals surface area (Å²) in [6, 6.07) is 0.473. The van der Waals surface area contributed by atoms with Crippen molar-refractivity contribution >= 4 is 17.3 Å². The van der Waals surface area contributed by atoms with Gasteiger partial charge in [0.2, 0.25) is 0 Å². The van der Waals surface area contributed by atoms with Crippen molar-refractivity contribution in [2.75, 3.05) is 40.8 Å². The molecule has 0 aliphatic carbocycles. The van der Waals surface area contributed by atoms with Gasteiger partial charge in [-0.2, -0.15) is 0 Å². The Morgan fingerprint density at radius 1 is 1.56 bits per heavy atom. The van der Waals surface area contributed by atoms with Crippen LogP contribution in [0.5, 0.6) is 0 Å². The molecule has 2 rings (SSSR count). The third kappa shape index (κ3) is 3.07. The standard InChI is InChI=1S/C12H19N3O2S/c1-14-4-5-15(2)9(7-14)6-11-13-10(8-18-11)12(16)17-3/h8-9H,4-7H2,1-3H3. The van der Waals surface area contributed by atoms with Crippen LogP contribution in [0.4, 0.5) is 0 Å². The number of piperazine rings is 1. The van der Waals surface area contributed by atoms with E-state index < -0.39 is 0 Å². The molecule has 1 aliphatic rings. The SMILES string of the molecule is COC(=O)c1csc(CC2CN(C)CCN2C)n1. The molecule has 5 nitrogen and oxygen atoms in total. The third-order valence-corrected chi connectivity index (χ3v) is 4.21. The number of aromatic nitrogens is 1. The molecule has 1 aromatic rings. The number of ether oxygens (including phenoxy) is 1. The van der Waals surface area contributed by atoms with Crippen molar-refractivity contribution in [3.63, 3.8) is 0 Å². The first kappa shape index (κ1) is 13.5. The van der Waals surface area contributed by atoms with Gasteiger partial charge in [0, 0.05) is 37.5 Å². The average molecular weight is 269 g/mol. The molecule has 1 unspecified atom stereocenters. The quantitative estimate of drug-likeness (QED) is 0.757. The predicted molar refractivity (Wildman–Crippen MR) is 71.1 cm³/mol. The number of rotatable bonds is 3. The van der Waals surface area contributed by atoms with E-state index >= 15 is 0 Å². The zero-order valence-electron chi connectivity index (χ0n) is 11.0. The highest BCUT2D eigenvalue weighted by molar-refractivity contribution is 7.09. The second kappa shape index (κ2) is 5.77. The number of hydrogen-bond acceptors (Lipinski definition) is 6. The number of carbonyl (C=O) groups excluding carboxylic acids is 1. The Balaban J connectivity index is 2.00. The molecule has 6 heteroatoms. The monoisotopic (exact) mass is 269 g/mol. The summed E-state index contributed by atoms with van der Waals surface area (Å²) >= 11 is 1.53. The fourth-order valence-corrected chi connectivity index (χ4v) is 2.96. The first-order valence-corrected chi connectivity index (χ1v) is 6.89. The van der Waals surface area contributed by atoms with Crippen molar-refractivity contribution < 1.29 is 9.53 Å². The molecule has 0 saturated carbocycles. The van der Waals surface area contributed by atoms with Crippen molar-refractivity contribution in [3.05, 3.63) is 16.1 Å². The number of thiazole rings is 1. The molecule has 0 bridgehead atoms. The van der Waals surface area contributed by atoms with Gasteiger partial charge in [-0.15, -0.1) is 11.3 Å². The van der Waals surface area contributed by atoms with E-state index in [-0.39, 0.29) is 5.97 Å². The van der Waals surface area contributed by atoms with E-state index in [1.807, 2.05) is 0 Å². The molecule has 0 radical (unpaired) electrons. The normalized spacial score (nSPS) is 22.1. The molecule has 1 aliphatic heterocycles. The summed E-state index contributed by atoms with van der Waals surface area (Å²) in [6.07, 6.45) is 0.891. The van der Waals surface area contributed by atoms with Gasteiger partial charge in [-0.05, 0) is 14.1 Å². The van der Waals surface area contributed by atoms with E-state index in [1.54, 1.807) is 5.38 Å². The number of esters is 1. The molecule has 1 fully saturated rings. The van der Waals surface area contributed by atoms with Crippen LogP contribution in [-0.4, -0.2) is 67.6 Å². The molecular formula is C12H19N3O2S. The van der Waals surface area contributed by atoms with Crippen LogP contribution in [0.1, 0.15) is 15.5 Å². The Hall–Kier alpha value is -0.980. The van der Waals surface area contributed by atoms with Gasteiger partial charge in [0.15, 0.2) is 5.69 Å². The van der Waals surface area contributed by atoms with Gasteiger partial charge in [0.1, 0.15) is 0 Å². The van der Waals surface area contributed by atoms with Gasteiger partial charge in [-0.3, -0.25) is 0 Å². The van der Waals surface area contributed by atoms with E-state index in [1.165, 1.54) is 18.4 Å². The van der Waals surface area contributed by atoms with E-state index in [2.05, 4.69) is 33.6 Å². The van der Waals surface area contributed by atoms with Crippen molar-refractivity contribution in [1.82, 2.24) is 14.8 Å². The number of likely N-dealkylation sites (N-methyl/N-ethyl adjacent to an activating group) is 2. The fourth-order valence-electron chi connectivity index (χ4n) is 2.13. The summed E-state index contributed by atoms with van der Waals surface area (Å²) < 4.78 is 4.66. The summed E-state index contributed by atoms with van der Waals surface area (Å²) in [6.45, 7) is 3.23. The summed E-state index contributed by atoms with van der Waals surface area (Å²) in [7, 11) is 5.67. The Kier molecular flexibility index (Phi) is 4.31. The number of nitrogens with zero attached hydrogens (tertiary/aromatic N) is 3. The van der Waals surface area contributed by atoms with E-state index in [9.17, 15) is 4.79 Å². The first-order valence-electron chi connectivity index (χ1n) is 6.01. The minimum Gasteiger partial charge on any atom is -0.464 e. The molecule has 2 heterocycles. The molecule has 0 amide bonds. The molecule has 1 aromatic heterocycles. The molecule has 18 heavy (non-hydrogen) atoms. The summed E-state index contributed by atoms with van der Waals surface area (Å²) in [5.41, 5.74) is 0.421. The lowest BCUT2D eigenvalue weighted by Crippen LogP contribution is -2.50. The van der Waals surface area contributed by atoms with Gasteiger partial charge in [0.05, 0.1) is 12.1 Å². The first-order chi connectivity index (χ1) is 8.60. The minimum absolute atomic E-state index is 0.355. The lowest BCUT2D eigenvalue weighted by atomic mass is 10.1. The Morgan fingerprint density at radius 2 is 2.33 bits per heavy atom. The third-order valence-electron chi connectivity index (χ3n) is 3.34. The number of hydrogen-bond donors (Lipinski definition) is 0. The number of methoxy groups -OCH3 is 1. The van der Waals surface area contributed by atoms with Gasteiger partial charge in [0.25, 0.3) is 0 Å². The van der Waals surface area contributed by atoms with Crippen LogP contribution in [0.2, 0.25) is 0 Å². The summed E-state index contributed by atoms with van der Waals surface area (Å²) in [4.78, 5) is 20.4. The topological polar surface area (TPSA) is 45.7 Å². The molecule has 0 aromatic carbocycles. The smallest absolute Gasteiger partial charge is 0.357 e. The molecule has 100 valence electrons. The highest BCUT2D eigenvalue weighted by Gasteiger charge is 2.23. The van der Waals surface area contributed by atoms with E-state index in [4.69, 9.17) is 0 Å². The van der Waals surface area contributed by atoms with E-state index in [0.717, 1.165) is 31.1 Å². The van der Waals surface area contributed by atoms with Crippen LogP contribution in [0.15, 0.2) is 5.38 Å². The minimum atomic E-state index is -0.355. The summed E-state index contributed by atoms with van der Waals surface area (Å²) in [5, 5.41) is 2.77. The van der Waals surface area contributed by atoms with Gasteiger partial charge in [-0.1, -0.05) is 0 Å². The Morgan fingerprint density at radius 3 is 3.06 bits per heavy atom. The lowest BCUT2D eigenvalue weighted by Gasteiger charge is -2.37. The Labute approximate surface area is 111 Å². The maximum Gasteiger partial charge on any atom is 0.357 e. The maximum absolute atomic E-state index is 11.3. The lowest BCUT2D eigenvalue weighted by molar-refractivity contribution is 0.0594.